The highest BCUT2D eigenvalue weighted by Gasteiger charge is 2.26. The van der Waals surface area contributed by atoms with E-state index in [0.717, 1.165) is 24.1 Å². The molecule has 1 aromatic rings. The molecule has 114 valence electrons. The van der Waals surface area contributed by atoms with Crippen LogP contribution in [0.5, 0.6) is 0 Å². The predicted octanol–water partition coefficient (Wildman–Crippen LogP) is 3.37. The van der Waals surface area contributed by atoms with Gasteiger partial charge < -0.3 is 0 Å². The molecule has 0 radical (unpaired) electrons. The van der Waals surface area contributed by atoms with Gasteiger partial charge in [0.05, 0.1) is 23.9 Å². The highest BCUT2D eigenvalue weighted by molar-refractivity contribution is 7.91. The maximum Gasteiger partial charge on any atom is 0.151 e. The summed E-state index contributed by atoms with van der Waals surface area (Å²) < 4.78 is 24.8. The molecular formula is C13H20Cl2N2O2S. The molecule has 1 aliphatic carbocycles. The smallest absolute Gasteiger partial charge is 0.151 e. The molecule has 0 spiro atoms. The molecule has 0 amide bonds. The largest absolute Gasteiger partial charge is 0.252 e. The quantitative estimate of drug-likeness (QED) is 0.747. The van der Waals surface area contributed by atoms with Gasteiger partial charge in [-0.25, -0.2) is 8.42 Å². The fourth-order valence-corrected chi connectivity index (χ4v) is 4.02. The average molecular weight is 339 g/mol. The molecule has 20 heavy (non-hydrogen) atoms. The molecule has 0 saturated heterocycles. The van der Waals surface area contributed by atoms with Crippen LogP contribution in [0.2, 0.25) is 5.15 Å². The van der Waals surface area contributed by atoms with Crippen LogP contribution >= 0.6 is 23.2 Å². The Labute approximate surface area is 130 Å². The van der Waals surface area contributed by atoms with E-state index in [1.54, 1.807) is 11.6 Å². The summed E-state index contributed by atoms with van der Waals surface area (Å²) in [7, 11) is -3.02. The van der Waals surface area contributed by atoms with Crippen molar-refractivity contribution < 1.29 is 8.42 Å². The average Bonchev–Trinajstić information content (AvgIpc) is 3.04. The van der Waals surface area contributed by atoms with E-state index in [0.29, 0.717) is 23.5 Å². The second-order valence-electron chi connectivity index (χ2n) is 5.23. The monoisotopic (exact) mass is 338 g/mol. The van der Waals surface area contributed by atoms with E-state index in [1.807, 2.05) is 0 Å². The second-order valence-corrected chi connectivity index (χ2v) is 8.33. The summed E-state index contributed by atoms with van der Waals surface area (Å²) in [6, 6.07) is 0. The number of aromatic nitrogens is 2. The van der Waals surface area contributed by atoms with Crippen molar-refractivity contribution in [1.82, 2.24) is 9.78 Å². The molecule has 0 aromatic carbocycles. The van der Waals surface area contributed by atoms with Gasteiger partial charge in [-0.05, 0) is 12.8 Å². The molecule has 2 rings (SSSR count). The number of halogens is 2. The minimum Gasteiger partial charge on any atom is -0.252 e. The van der Waals surface area contributed by atoms with Crippen LogP contribution in [0.1, 0.15) is 49.8 Å². The lowest BCUT2D eigenvalue weighted by Gasteiger charge is -2.06. The normalized spacial score (nSPS) is 16.9. The Kier molecular flexibility index (Phi) is 5.37. The van der Waals surface area contributed by atoms with Crippen molar-refractivity contribution >= 4 is 33.0 Å². The van der Waals surface area contributed by atoms with E-state index in [9.17, 15) is 8.42 Å². The van der Waals surface area contributed by atoms with Gasteiger partial charge >= 0.3 is 0 Å². The fraction of sp³-hybridized carbons (Fsp3) is 0.769. The standard InChI is InChI=1S/C13H20Cl2N2O2S/c1-2-20(18,19)8-7-17-13(15)11(9-14)12(16-17)10-5-3-4-6-10/h10H,2-9H2,1H3. The van der Waals surface area contributed by atoms with Gasteiger partial charge in [0.25, 0.3) is 0 Å². The van der Waals surface area contributed by atoms with Crippen LogP contribution in [0, 0.1) is 0 Å². The number of aryl methyl sites for hydroxylation is 1. The van der Waals surface area contributed by atoms with Crippen molar-refractivity contribution in [3.63, 3.8) is 0 Å². The van der Waals surface area contributed by atoms with Crippen LogP contribution in [0.25, 0.3) is 0 Å². The zero-order valence-electron chi connectivity index (χ0n) is 11.6. The van der Waals surface area contributed by atoms with E-state index >= 15 is 0 Å². The molecule has 0 unspecified atom stereocenters. The molecule has 0 aliphatic heterocycles. The Balaban J connectivity index is 2.21. The van der Waals surface area contributed by atoms with E-state index in [-0.39, 0.29) is 11.5 Å². The SMILES string of the molecule is CCS(=O)(=O)CCn1nc(C2CCCC2)c(CCl)c1Cl. The summed E-state index contributed by atoms with van der Waals surface area (Å²) in [5.41, 5.74) is 1.84. The Bertz CT molecular complexity index is 563. The first-order valence-electron chi connectivity index (χ1n) is 7.00. The van der Waals surface area contributed by atoms with Crippen LogP contribution in [0.15, 0.2) is 0 Å². The van der Waals surface area contributed by atoms with E-state index in [2.05, 4.69) is 5.10 Å². The number of rotatable bonds is 6. The molecular weight excluding hydrogens is 319 g/mol. The lowest BCUT2D eigenvalue weighted by Crippen LogP contribution is -2.15. The van der Waals surface area contributed by atoms with Crippen LogP contribution in [-0.2, 0) is 22.3 Å². The van der Waals surface area contributed by atoms with Crippen LogP contribution < -0.4 is 0 Å². The first-order valence-corrected chi connectivity index (χ1v) is 9.73. The van der Waals surface area contributed by atoms with Gasteiger partial charge in [-0.3, -0.25) is 4.68 Å². The van der Waals surface area contributed by atoms with Crippen LogP contribution in [0.4, 0.5) is 0 Å². The van der Waals surface area contributed by atoms with Gasteiger partial charge in [-0.1, -0.05) is 31.4 Å². The molecule has 1 fully saturated rings. The summed E-state index contributed by atoms with van der Waals surface area (Å²) in [5, 5.41) is 5.03. The first kappa shape index (κ1) is 16.1. The van der Waals surface area contributed by atoms with E-state index in [4.69, 9.17) is 23.2 Å². The third kappa shape index (κ3) is 3.49. The van der Waals surface area contributed by atoms with Crippen LogP contribution in [-0.4, -0.2) is 29.7 Å². The maximum atomic E-state index is 11.6. The minimum atomic E-state index is -3.02. The molecule has 0 atom stereocenters. The zero-order valence-corrected chi connectivity index (χ0v) is 13.9. The number of alkyl halides is 1. The Morgan fingerprint density at radius 1 is 1.35 bits per heavy atom. The van der Waals surface area contributed by atoms with E-state index in [1.165, 1.54) is 12.8 Å². The van der Waals surface area contributed by atoms with Crippen molar-refractivity contribution in [3.05, 3.63) is 16.4 Å². The fourth-order valence-electron chi connectivity index (χ4n) is 2.66. The number of hydrogen-bond acceptors (Lipinski definition) is 3. The topological polar surface area (TPSA) is 52.0 Å². The van der Waals surface area contributed by atoms with Gasteiger partial charge in [-0.2, -0.15) is 5.10 Å². The van der Waals surface area contributed by atoms with Crippen molar-refractivity contribution in [2.45, 2.75) is 50.9 Å². The summed E-state index contributed by atoms with van der Waals surface area (Å²) in [5.74, 6) is 0.955. The van der Waals surface area contributed by atoms with Gasteiger partial charge in [-0.15, -0.1) is 11.6 Å². The van der Waals surface area contributed by atoms with Crippen LogP contribution in [0.3, 0.4) is 0 Å². The second kappa shape index (κ2) is 6.67. The highest BCUT2D eigenvalue weighted by atomic mass is 35.5. The predicted molar refractivity (Wildman–Crippen MR) is 82.3 cm³/mol. The molecule has 0 N–H and O–H groups in total. The summed E-state index contributed by atoms with van der Waals surface area (Å²) >= 11 is 12.3. The number of hydrogen-bond donors (Lipinski definition) is 0. The molecule has 1 aliphatic rings. The number of nitrogens with zero attached hydrogens (tertiary/aromatic N) is 2. The lowest BCUT2D eigenvalue weighted by atomic mass is 10.0. The molecule has 0 bridgehead atoms. The summed E-state index contributed by atoms with van der Waals surface area (Å²) in [6.45, 7) is 1.94. The van der Waals surface area contributed by atoms with Crippen molar-refractivity contribution in [3.8, 4) is 0 Å². The molecule has 1 saturated carbocycles. The molecule has 7 heteroatoms. The third-order valence-electron chi connectivity index (χ3n) is 3.94. The number of sulfone groups is 1. The molecule has 4 nitrogen and oxygen atoms in total. The summed E-state index contributed by atoms with van der Waals surface area (Å²) in [4.78, 5) is 0. The minimum absolute atomic E-state index is 0.0662. The Morgan fingerprint density at radius 3 is 2.55 bits per heavy atom. The highest BCUT2D eigenvalue weighted by Crippen LogP contribution is 2.37. The Hall–Kier alpha value is -0.260. The zero-order chi connectivity index (χ0) is 14.8. The van der Waals surface area contributed by atoms with E-state index < -0.39 is 9.84 Å². The van der Waals surface area contributed by atoms with Gasteiger partial charge in [0.15, 0.2) is 9.84 Å². The third-order valence-corrected chi connectivity index (χ3v) is 6.32. The van der Waals surface area contributed by atoms with Gasteiger partial charge in [0.1, 0.15) is 5.15 Å². The van der Waals surface area contributed by atoms with Gasteiger partial charge in [0.2, 0.25) is 0 Å². The Morgan fingerprint density at radius 2 is 2.00 bits per heavy atom. The first-order chi connectivity index (χ1) is 9.48. The van der Waals surface area contributed by atoms with Crippen molar-refractivity contribution in [1.29, 1.82) is 0 Å². The van der Waals surface area contributed by atoms with Crippen molar-refractivity contribution in [2.75, 3.05) is 11.5 Å². The van der Waals surface area contributed by atoms with Crippen molar-refractivity contribution in [2.24, 2.45) is 0 Å². The maximum absolute atomic E-state index is 11.6. The molecule has 1 aromatic heterocycles. The summed E-state index contributed by atoms with van der Waals surface area (Å²) in [6.07, 6.45) is 4.65. The van der Waals surface area contributed by atoms with Gasteiger partial charge in [0, 0.05) is 17.2 Å². The molecule has 1 heterocycles. The lowest BCUT2D eigenvalue weighted by molar-refractivity contribution is 0.575.